The molecule has 4 N–H and O–H groups in total. The zero-order chi connectivity index (χ0) is 24.4. The number of nitrogens with zero attached hydrogens (tertiary/aromatic N) is 1. The summed E-state index contributed by atoms with van der Waals surface area (Å²) in [6.07, 6.45) is 1.65. The molecule has 1 saturated heterocycles. The maximum absolute atomic E-state index is 13.0. The summed E-state index contributed by atoms with van der Waals surface area (Å²) >= 11 is 0. The lowest BCUT2D eigenvalue weighted by Gasteiger charge is -2.28. The molecule has 5 rings (SSSR count). The number of ether oxygens (including phenoxy) is 1. The molecule has 0 aliphatic carbocycles. The van der Waals surface area contributed by atoms with E-state index in [2.05, 4.69) is 15.5 Å². The summed E-state index contributed by atoms with van der Waals surface area (Å²) in [5.74, 6) is -1.11. The highest BCUT2D eigenvalue weighted by Gasteiger charge is 2.25. The molecule has 8 heteroatoms. The zero-order valence-electron chi connectivity index (χ0n) is 18.9. The Morgan fingerprint density at radius 1 is 0.943 bits per heavy atom. The van der Waals surface area contributed by atoms with E-state index in [0.717, 1.165) is 37.7 Å². The van der Waals surface area contributed by atoms with E-state index >= 15 is 0 Å². The fourth-order valence-corrected chi connectivity index (χ4v) is 4.20. The van der Waals surface area contributed by atoms with E-state index in [-0.39, 0.29) is 17.3 Å². The molecule has 35 heavy (non-hydrogen) atoms. The van der Waals surface area contributed by atoms with Crippen LogP contribution in [-0.2, 0) is 9.53 Å². The smallest absolute Gasteiger partial charge is 0.257 e. The van der Waals surface area contributed by atoms with Crippen LogP contribution >= 0.6 is 0 Å². The first-order valence-electron chi connectivity index (χ1n) is 11.3. The monoisotopic (exact) mass is 468 g/mol. The average molecular weight is 469 g/mol. The van der Waals surface area contributed by atoms with Crippen molar-refractivity contribution in [3.63, 3.8) is 0 Å². The van der Waals surface area contributed by atoms with Crippen molar-refractivity contribution in [1.29, 1.82) is 0 Å². The van der Waals surface area contributed by atoms with Gasteiger partial charge in [-0.05, 0) is 54.6 Å². The molecule has 0 radical (unpaired) electrons. The fraction of sp³-hybridized carbons (Fsp3) is 0.148. The van der Waals surface area contributed by atoms with Crippen molar-refractivity contribution in [2.75, 3.05) is 41.8 Å². The van der Waals surface area contributed by atoms with Gasteiger partial charge in [0.15, 0.2) is 5.78 Å². The summed E-state index contributed by atoms with van der Waals surface area (Å²) in [4.78, 5) is 39.4. The van der Waals surface area contributed by atoms with Gasteiger partial charge in [0, 0.05) is 58.6 Å². The molecular formula is C27H24N4O4. The van der Waals surface area contributed by atoms with Crippen LogP contribution in [-0.4, -0.2) is 43.9 Å². The summed E-state index contributed by atoms with van der Waals surface area (Å²) < 4.78 is 5.40. The molecule has 2 amide bonds. The summed E-state index contributed by atoms with van der Waals surface area (Å²) in [6, 6.07) is 19.3. The van der Waals surface area contributed by atoms with Gasteiger partial charge in [0.2, 0.25) is 5.91 Å². The first-order valence-corrected chi connectivity index (χ1v) is 11.3. The maximum Gasteiger partial charge on any atom is 0.257 e. The number of hydrogen-bond donors (Lipinski definition) is 3. The van der Waals surface area contributed by atoms with Crippen molar-refractivity contribution in [3.05, 3.63) is 95.2 Å². The predicted octanol–water partition coefficient (Wildman–Crippen LogP) is 3.26. The van der Waals surface area contributed by atoms with E-state index in [0.29, 0.717) is 28.0 Å². The van der Waals surface area contributed by atoms with Crippen LogP contribution in [0.25, 0.3) is 5.57 Å². The van der Waals surface area contributed by atoms with Crippen LogP contribution in [0.15, 0.2) is 72.9 Å². The first-order chi connectivity index (χ1) is 17.0. The molecule has 0 spiro atoms. The Morgan fingerprint density at radius 3 is 2.40 bits per heavy atom. The quantitative estimate of drug-likeness (QED) is 0.378. The molecule has 0 bridgehead atoms. The van der Waals surface area contributed by atoms with Gasteiger partial charge in [-0.25, -0.2) is 0 Å². The lowest BCUT2D eigenvalue weighted by atomic mass is 9.97. The number of primary amides is 1. The standard InChI is InChI=1S/C27H24N4O4/c28-26(33)19-3-1-2-17(14-19)25(32)18-4-9-24-22(15-18)23(27(34)30-24)16-29-20-5-7-21(8-6-20)31-10-12-35-13-11-31/h1-9,14-16,29H,10-13H2,(H2,28,33)(H,30,34). The van der Waals surface area contributed by atoms with Gasteiger partial charge in [-0.2, -0.15) is 0 Å². The molecule has 2 heterocycles. The van der Waals surface area contributed by atoms with Crippen LogP contribution in [0.3, 0.4) is 0 Å². The van der Waals surface area contributed by atoms with E-state index in [1.807, 2.05) is 24.3 Å². The van der Waals surface area contributed by atoms with E-state index in [4.69, 9.17) is 10.5 Å². The predicted molar refractivity (Wildman–Crippen MR) is 135 cm³/mol. The van der Waals surface area contributed by atoms with Gasteiger partial charge in [0.25, 0.3) is 5.91 Å². The lowest BCUT2D eigenvalue weighted by Crippen LogP contribution is -2.36. The minimum absolute atomic E-state index is 0.252. The Kier molecular flexibility index (Phi) is 6.03. The number of benzene rings is 3. The number of nitrogens with two attached hydrogens (primary N) is 1. The van der Waals surface area contributed by atoms with Gasteiger partial charge >= 0.3 is 0 Å². The summed E-state index contributed by atoms with van der Waals surface area (Å²) in [6.45, 7) is 3.17. The number of anilines is 3. The van der Waals surface area contributed by atoms with E-state index in [1.54, 1.807) is 42.6 Å². The molecule has 2 aliphatic heterocycles. The number of nitrogens with one attached hydrogen (secondary N) is 2. The van der Waals surface area contributed by atoms with Gasteiger partial charge in [0.1, 0.15) is 0 Å². The van der Waals surface area contributed by atoms with Crippen molar-refractivity contribution >= 4 is 40.2 Å². The SMILES string of the molecule is NC(=O)c1cccc(C(=O)c2ccc3c(c2)C(=CNc2ccc(N4CCOCC4)cc2)C(=O)N3)c1. The number of hydrogen-bond acceptors (Lipinski definition) is 6. The van der Waals surface area contributed by atoms with Crippen molar-refractivity contribution in [2.45, 2.75) is 0 Å². The third-order valence-electron chi connectivity index (χ3n) is 6.10. The molecule has 8 nitrogen and oxygen atoms in total. The number of morpholine rings is 1. The summed E-state index contributed by atoms with van der Waals surface area (Å²) in [5.41, 5.74) is 10.0. The number of ketones is 1. The molecule has 1 fully saturated rings. The Morgan fingerprint density at radius 2 is 1.66 bits per heavy atom. The number of carbonyl (C=O) groups excluding carboxylic acids is 3. The van der Waals surface area contributed by atoms with Gasteiger partial charge in [-0.3, -0.25) is 14.4 Å². The third kappa shape index (κ3) is 4.64. The van der Waals surface area contributed by atoms with Crippen molar-refractivity contribution in [1.82, 2.24) is 0 Å². The number of rotatable bonds is 6. The zero-order valence-corrected chi connectivity index (χ0v) is 18.9. The van der Waals surface area contributed by atoms with Crippen LogP contribution < -0.4 is 21.3 Å². The molecule has 3 aromatic rings. The summed E-state index contributed by atoms with van der Waals surface area (Å²) in [5, 5.41) is 6.01. The second kappa shape index (κ2) is 9.44. The molecule has 0 atom stereocenters. The van der Waals surface area contributed by atoms with Crippen LogP contribution in [0.5, 0.6) is 0 Å². The second-order valence-corrected chi connectivity index (χ2v) is 8.34. The minimum Gasteiger partial charge on any atom is -0.378 e. The van der Waals surface area contributed by atoms with Crippen molar-refractivity contribution < 1.29 is 19.1 Å². The van der Waals surface area contributed by atoms with Gasteiger partial charge in [0.05, 0.1) is 18.8 Å². The minimum atomic E-state index is -0.599. The Bertz CT molecular complexity index is 1340. The number of fused-ring (bicyclic) bond motifs is 1. The molecule has 0 saturated carbocycles. The van der Waals surface area contributed by atoms with E-state index in [9.17, 15) is 14.4 Å². The Hall–Kier alpha value is -4.43. The Labute approximate surface area is 202 Å². The lowest BCUT2D eigenvalue weighted by molar-refractivity contribution is -0.110. The van der Waals surface area contributed by atoms with E-state index < -0.39 is 5.91 Å². The summed E-state index contributed by atoms with van der Waals surface area (Å²) in [7, 11) is 0. The normalized spacial score (nSPS) is 16.1. The van der Waals surface area contributed by atoms with Crippen LogP contribution in [0.1, 0.15) is 31.8 Å². The van der Waals surface area contributed by atoms with Crippen molar-refractivity contribution in [3.8, 4) is 0 Å². The molecule has 3 aromatic carbocycles. The third-order valence-corrected chi connectivity index (χ3v) is 6.10. The van der Waals surface area contributed by atoms with Gasteiger partial charge < -0.3 is 26.0 Å². The van der Waals surface area contributed by atoms with Gasteiger partial charge in [-0.1, -0.05) is 12.1 Å². The largest absolute Gasteiger partial charge is 0.378 e. The highest BCUT2D eigenvalue weighted by molar-refractivity contribution is 6.32. The maximum atomic E-state index is 13.0. The number of amides is 2. The average Bonchev–Trinajstić information content (AvgIpc) is 3.22. The topological polar surface area (TPSA) is 114 Å². The van der Waals surface area contributed by atoms with E-state index in [1.165, 1.54) is 6.07 Å². The van der Waals surface area contributed by atoms with Crippen LogP contribution in [0.2, 0.25) is 0 Å². The molecule has 2 aliphatic rings. The number of carbonyl (C=O) groups is 3. The highest BCUT2D eigenvalue weighted by atomic mass is 16.5. The fourth-order valence-electron chi connectivity index (χ4n) is 4.20. The Balaban J connectivity index is 1.36. The molecular weight excluding hydrogens is 444 g/mol. The van der Waals surface area contributed by atoms with Crippen LogP contribution in [0.4, 0.5) is 17.1 Å². The second-order valence-electron chi connectivity index (χ2n) is 8.34. The first kappa shape index (κ1) is 22.4. The molecule has 176 valence electrons. The molecule has 0 aromatic heterocycles. The van der Waals surface area contributed by atoms with Gasteiger partial charge in [-0.15, -0.1) is 0 Å². The van der Waals surface area contributed by atoms with Crippen LogP contribution in [0, 0.1) is 0 Å². The van der Waals surface area contributed by atoms with Crippen molar-refractivity contribution in [2.24, 2.45) is 5.73 Å². The molecule has 0 unspecified atom stereocenters. The highest BCUT2D eigenvalue weighted by Crippen LogP contribution is 2.33.